The Balaban J connectivity index is 3.99. The average molecular weight is 272 g/mol. The van der Waals surface area contributed by atoms with Gasteiger partial charge >= 0.3 is 0 Å². The molecule has 0 aromatic carbocycles. The van der Waals surface area contributed by atoms with E-state index in [9.17, 15) is 0 Å². The minimum Gasteiger partial charge on any atom is -0.385 e. The monoisotopic (exact) mass is 271 g/mol. The van der Waals surface area contributed by atoms with Gasteiger partial charge in [-0.2, -0.15) is 0 Å². The van der Waals surface area contributed by atoms with Crippen LogP contribution in [0.5, 0.6) is 0 Å². The second-order valence-corrected chi connectivity index (χ2v) is 8.92. The summed E-state index contributed by atoms with van der Waals surface area (Å²) in [5.74, 6) is 2.13. The van der Waals surface area contributed by atoms with Gasteiger partial charge in [0.05, 0.1) is 0 Å². The largest absolute Gasteiger partial charge is 0.385 e. The van der Waals surface area contributed by atoms with Crippen LogP contribution in [0.3, 0.4) is 0 Å². The summed E-state index contributed by atoms with van der Waals surface area (Å²) in [5, 5.41) is 6.01. The van der Waals surface area contributed by atoms with Crippen LogP contribution in [-0.2, 0) is 0 Å². The first-order valence-electron chi connectivity index (χ1n) is 4.01. The zero-order valence-electron chi connectivity index (χ0n) is 8.36. The molecule has 0 aromatic heterocycles. The Hall–Kier alpha value is 0.440. The Morgan fingerprint density at radius 2 is 1.93 bits per heavy atom. The third-order valence-electron chi connectivity index (χ3n) is 1.60. The van der Waals surface area contributed by atoms with Crippen LogP contribution in [0.15, 0.2) is 0 Å². The van der Waals surface area contributed by atoms with Crippen molar-refractivity contribution in [2.45, 2.75) is 6.92 Å². The molecule has 0 rings (SSSR count). The van der Waals surface area contributed by atoms with E-state index in [4.69, 9.17) is 41.0 Å². The van der Waals surface area contributed by atoms with E-state index in [1.807, 2.05) is 6.26 Å². The number of nitrogens with two attached hydrogens (primary N) is 3. The third-order valence-corrected chi connectivity index (χ3v) is 6.30. The van der Waals surface area contributed by atoms with E-state index in [-0.39, 0.29) is 0 Å². The van der Waals surface area contributed by atoms with E-state index >= 15 is 0 Å². The predicted molar refractivity (Wildman–Crippen MR) is 77.8 cm³/mol. The SMILES string of the molecule is CC(CSC(N)=S)CS(C)(N)C(N)=S. The van der Waals surface area contributed by atoms with Gasteiger partial charge in [0.25, 0.3) is 0 Å². The van der Waals surface area contributed by atoms with Crippen LogP contribution in [0.1, 0.15) is 6.92 Å². The molecular formula is C7H17N3S4. The summed E-state index contributed by atoms with van der Waals surface area (Å²) in [6.45, 7) is 2.10. The van der Waals surface area contributed by atoms with E-state index in [0.29, 0.717) is 14.6 Å². The molecule has 84 valence electrons. The van der Waals surface area contributed by atoms with Crippen molar-refractivity contribution in [2.75, 3.05) is 17.8 Å². The summed E-state index contributed by atoms with van der Waals surface area (Å²) in [6, 6.07) is 0. The first-order chi connectivity index (χ1) is 6.25. The normalized spacial score (nSPS) is 19.4. The Kier molecular flexibility index (Phi) is 6.31. The summed E-state index contributed by atoms with van der Waals surface area (Å²) in [7, 11) is -1.43. The lowest BCUT2D eigenvalue weighted by Crippen LogP contribution is -2.30. The van der Waals surface area contributed by atoms with Crippen molar-refractivity contribution in [1.82, 2.24) is 0 Å². The van der Waals surface area contributed by atoms with E-state index in [1.54, 1.807) is 0 Å². The Labute approximate surface area is 102 Å². The average Bonchev–Trinajstić information content (AvgIpc) is 1.99. The van der Waals surface area contributed by atoms with Gasteiger partial charge < -0.3 is 11.5 Å². The fraction of sp³-hybridized carbons (Fsp3) is 0.714. The van der Waals surface area contributed by atoms with E-state index < -0.39 is 10.2 Å². The van der Waals surface area contributed by atoms with Crippen molar-refractivity contribution >= 4 is 55.1 Å². The van der Waals surface area contributed by atoms with Crippen LogP contribution < -0.4 is 16.6 Å². The number of thioether (sulfide) groups is 1. The Morgan fingerprint density at radius 3 is 2.29 bits per heavy atom. The quantitative estimate of drug-likeness (QED) is 0.666. The van der Waals surface area contributed by atoms with Gasteiger partial charge in [-0.3, -0.25) is 5.14 Å². The van der Waals surface area contributed by atoms with Crippen LogP contribution in [-0.4, -0.2) is 26.4 Å². The van der Waals surface area contributed by atoms with Crippen molar-refractivity contribution in [1.29, 1.82) is 0 Å². The van der Waals surface area contributed by atoms with Crippen LogP contribution in [0.2, 0.25) is 0 Å². The van der Waals surface area contributed by atoms with Crippen molar-refractivity contribution < 1.29 is 0 Å². The van der Waals surface area contributed by atoms with Crippen LogP contribution in [0, 0.1) is 5.92 Å². The molecule has 0 aliphatic rings. The summed E-state index contributed by atoms with van der Waals surface area (Å²) in [4.78, 5) is 0. The molecule has 0 aliphatic heterocycles. The number of thiocarbonyl (C=S) groups is 2. The van der Waals surface area contributed by atoms with Gasteiger partial charge in [-0.15, -0.1) is 10.2 Å². The van der Waals surface area contributed by atoms with Gasteiger partial charge in [-0.25, -0.2) is 0 Å². The predicted octanol–water partition coefficient (Wildman–Crippen LogP) is 1.15. The molecule has 7 heteroatoms. The second-order valence-electron chi connectivity index (χ2n) is 3.38. The maximum Gasteiger partial charge on any atom is 0.131 e. The lowest BCUT2D eigenvalue weighted by Gasteiger charge is -2.31. The summed E-state index contributed by atoms with van der Waals surface area (Å²) < 4.78 is 0.908. The summed E-state index contributed by atoms with van der Waals surface area (Å²) >= 11 is 11.2. The fourth-order valence-electron chi connectivity index (χ4n) is 0.946. The minimum atomic E-state index is -1.43. The fourth-order valence-corrected chi connectivity index (χ4v) is 3.53. The summed E-state index contributed by atoms with van der Waals surface area (Å²) in [5.41, 5.74) is 10.9. The van der Waals surface area contributed by atoms with Gasteiger partial charge in [0.1, 0.15) is 8.64 Å². The highest BCUT2D eigenvalue weighted by molar-refractivity contribution is 8.47. The van der Waals surface area contributed by atoms with Crippen LogP contribution in [0.4, 0.5) is 0 Å². The molecular weight excluding hydrogens is 254 g/mol. The first-order valence-corrected chi connectivity index (χ1v) is 8.08. The van der Waals surface area contributed by atoms with E-state index in [0.717, 1.165) is 11.5 Å². The molecule has 0 bridgehead atoms. The van der Waals surface area contributed by atoms with Gasteiger partial charge in [0.15, 0.2) is 0 Å². The van der Waals surface area contributed by atoms with Gasteiger partial charge in [-0.1, -0.05) is 43.1 Å². The molecule has 0 saturated heterocycles. The zero-order valence-corrected chi connectivity index (χ0v) is 11.6. The van der Waals surface area contributed by atoms with Crippen molar-refractivity contribution in [3.05, 3.63) is 0 Å². The van der Waals surface area contributed by atoms with E-state index in [1.165, 1.54) is 11.8 Å². The van der Waals surface area contributed by atoms with Crippen molar-refractivity contribution in [2.24, 2.45) is 22.5 Å². The van der Waals surface area contributed by atoms with Gasteiger partial charge in [0.2, 0.25) is 0 Å². The molecule has 6 N–H and O–H groups in total. The number of rotatable bonds is 4. The molecule has 0 aromatic rings. The molecule has 0 saturated carbocycles. The lowest BCUT2D eigenvalue weighted by molar-refractivity contribution is 0.762. The number of hydrogen-bond acceptors (Lipinski definition) is 4. The molecule has 0 spiro atoms. The van der Waals surface area contributed by atoms with Gasteiger partial charge in [0, 0.05) is 5.75 Å². The maximum atomic E-state index is 6.01. The lowest BCUT2D eigenvalue weighted by atomic mass is 10.3. The highest BCUT2D eigenvalue weighted by atomic mass is 32.3. The third kappa shape index (κ3) is 6.02. The molecule has 14 heavy (non-hydrogen) atoms. The molecule has 0 fully saturated rings. The van der Waals surface area contributed by atoms with Crippen molar-refractivity contribution in [3.8, 4) is 0 Å². The van der Waals surface area contributed by atoms with Crippen molar-refractivity contribution in [3.63, 3.8) is 0 Å². The highest BCUT2D eigenvalue weighted by Crippen LogP contribution is 2.37. The first kappa shape index (κ1) is 14.4. The Bertz CT molecular complexity index is 229. The molecule has 0 radical (unpaired) electrons. The van der Waals surface area contributed by atoms with Crippen LogP contribution >= 0.6 is 46.4 Å². The van der Waals surface area contributed by atoms with Gasteiger partial charge in [-0.05, 0) is 17.9 Å². The standard InChI is InChI=1S/C7H17N3S4/c1-5(3-13-6(8)11)4-14(2,10)7(9)12/h5H,3-4,10H2,1-2H3,(H2,8,11)(H2,9,12). The highest BCUT2D eigenvalue weighted by Gasteiger charge is 2.19. The zero-order chi connectivity index (χ0) is 11.4. The summed E-state index contributed by atoms with van der Waals surface area (Å²) in [6.07, 6.45) is 1.93. The molecule has 2 unspecified atom stereocenters. The number of hydrogen-bond donors (Lipinski definition) is 3. The second kappa shape index (κ2) is 6.12. The smallest absolute Gasteiger partial charge is 0.131 e. The molecule has 0 amide bonds. The topological polar surface area (TPSA) is 78.1 Å². The molecule has 0 heterocycles. The molecule has 0 aliphatic carbocycles. The van der Waals surface area contributed by atoms with E-state index in [2.05, 4.69) is 6.92 Å². The molecule has 3 nitrogen and oxygen atoms in total. The molecule has 2 atom stereocenters. The maximum absolute atomic E-state index is 6.01. The van der Waals surface area contributed by atoms with Crippen LogP contribution in [0.25, 0.3) is 0 Å². The minimum absolute atomic E-state index is 0.424. The Morgan fingerprint density at radius 1 is 1.43 bits per heavy atom.